The van der Waals surface area contributed by atoms with Gasteiger partial charge in [0.25, 0.3) is 0 Å². The molecule has 1 aromatic rings. The van der Waals surface area contributed by atoms with E-state index in [9.17, 15) is 35.1 Å². The summed E-state index contributed by atoms with van der Waals surface area (Å²) in [5.41, 5.74) is 0.417. The molecule has 14 heteroatoms. The molecule has 22 heavy (non-hydrogen) atoms. The van der Waals surface area contributed by atoms with Crippen LogP contribution in [-0.2, 0) is 19.1 Å². The van der Waals surface area contributed by atoms with Crippen LogP contribution in [0.4, 0.5) is 35.1 Å². The van der Waals surface area contributed by atoms with E-state index < -0.39 is 41.1 Å². The second kappa shape index (κ2) is 5.26. The Hall–Kier alpha value is -2.12. The van der Waals surface area contributed by atoms with Gasteiger partial charge in [0.2, 0.25) is 0 Å². The van der Waals surface area contributed by atoms with Crippen LogP contribution >= 0.6 is 0 Å². The molecule has 0 unspecified atom stereocenters. The summed E-state index contributed by atoms with van der Waals surface area (Å²) in [4.78, 5) is 0. The largest absolute Gasteiger partial charge is 0.459 e. The van der Waals surface area contributed by atoms with Crippen LogP contribution in [0.15, 0.2) is 5.10 Å². The normalized spacial score (nSPS) is 14.4. The highest BCUT2D eigenvalue weighted by Gasteiger charge is 2.64. The van der Waals surface area contributed by atoms with E-state index in [-0.39, 0.29) is 4.68 Å². The molecule has 0 aromatic carbocycles. The number of hydrazine groups is 1. The number of alkyl halides is 8. The van der Waals surface area contributed by atoms with Crippen LogP contribution in [-0.4, -0.2) is 21.8 Å². The number of rotatable bonds is 3. The fourth-order valence-electron chi connectivity index (χ4n) is 1.56. The second-order valence-corrected chi connectivity index (χ2v) is 3.89. The number of hydrogen-bond acceptors (Lipinski definition) is 4. The van der Waals surface area contributed by atoms with E-state index in [0.717, 1.165) is 0 Å². The molecule has 0 spiro atoms. The lowest BCUT2D eigenvalue weighted by molar-refractivity contribution is -0.292. The van der Waals surface area contributed by atoms with Crippen LogP contribution < -0.4 is 17.1 Å². The van der Waals surface area contributed by atoms with Gasteiger partial charge in [-0.2, -0.15) is 40.2 Å². The predicted octanol–water partition coefficient (Wildman–Crippen LogP) is 1.18. The van der Waals surface area contributed by atoms with Crippen molar-refractivity contribution < 1.29 is 35.1 Å². The second-order valence-electron chi connectivity index (χ2n) is 3.89. The van der Waals surface area contributed by atoms with Crippen LogP contribution in [0.2, 0.25) is 0 Å². The van der Waals surface area contributed by atoms with E-state index in [1.807, 2.05) is 0 Å². The molecule has 0 radical (unpaired) electrons. The number of aromatic nitrogens is 2. The molecule has 1 rings (SSSR count). The summed E-state index contributed by atoms with van der Waals surface area (Å²) < 4.78 is 102. The molecule has 1 aromatic heterocycles. The minimum Gasteiger partial charge on any atom is -0.380 e. The summed E-state index contributed by atoms with van der Waals surface area (Å²) in [6, 6.07) is 0. The van der Waals surface area contributed by atoms with Gasteiger partial charge in [0.05, 0.1) is 0 Å². The quantitative estimate of drug-likeness (QED) is 0.253. The Labute approximate surface area is 116 Å². The van der Waals surface area contributed by atoms with E-state index in [0.29, 0.717) is 7.05 Å². The molecule has 0 saturated carbocycles. The number of nitrogens with zero attached hydrogens (tertiary/aromatic N) is 3. The van der Waals surface area contributed by atoms with Crippen LogP contribution in [0.1, 0.15) is 17.0 Å². The molecule has 0 bridgehead atoms. The maximum absolute atomic E-state index is 13.3. The highest BCUT2D eigenvalue weighted by atomic mass is 19.4. The average molecular weight is 340 g/mol. The average Bonchev–Trinajstić information content (AvgIpc) is 2.65. The molecule has 0 aliphatic rings. The molecule has 1 heterocycles. The highest BCUT2D eigenvalue weighted by molar-refractivity contribution is 5.97. The van der Waals surface area contributed by atoms with Gasteiger partial charge < -0.3 is 5.73 Å². The molecule has 0 atom stereocenters. The van der Waals surface area contributed by atoms with Gasteiger partial charge in [0.1, 0.15) is 11.3 Å². The molecular weight excluding hydrogens is 332 g/mol. The van der Waals surface area contributed by atoms with Gasteiger partial charge >= 0.3 is 18.3 Å². The summed E-state index contributed by atoms with van der Waals surface area (Å²) >= 11 is 0. The predicted molar refractivity (Wildman–Crippen MR) is 56.2 cm³/mol. The zero-order valence-corrected chi connectivity index (χ0v) is 10.5. The zero-order valence-electron chi connectivity index (χ0n) is 10.5. The van der Waals surface area contributed by atoms with Gasteiger partial charge in [0.15, 0.2) is 11.5 Å². The molecule has 126 valence electrons. The van der Waals surface area contributed by atoms with Crippen molar-refractivity contribution in [3.05, 3.63) is 17.0 Å². The smallest absolute Gasteiger partial charge is 0.380 e. The minimum absolute atomic E-state index is 0.105. The van der Waals surface area contributed by atoms with Gasteiger partial charge in [-0.3, -0.25) is 4.68 Å². The van der Waals surface area contributed by atoms with Crippen molar-refractivity contribution in [1.29, 1.82) is 0 Å². The van der Waals surface area contributed by atoms with Gasteiger partial charge in [-0.25, -0.2) is 11.4 Å². The SMILES string of the molecule is Cn1nc(C(F)(F)C(F)(F)F)c(C(F)(F)F)c1/C(N)=N/NN. The minimum atomic E-state index is -6.28. The number of hydrazone groups is 1. The third-order valence-electron chi connectivity index (χ3n) is 2.41. The van der Waals surface area contributed by atoms with Crippen molar-refractivity contribution in [3.63, 3.8) is 0 Å². The Kier molecular flexibility index (Phi) is 4.29. The third-order valence-corrected chi connectivity index (χ3v) is 2.41. The fourth-order valence-corrected chi connectivity index (χ4v) is 1.56. The lowest BCUT2D eigenvalue weighted by Gasteiger charge is -2.19. The summed E-state index contributed by atoms with van der Waals surface area (Å²) in [6.07, 6.45) is -11.9. The van der Waals surface area contributed by atoms with Crippen LogP contribution in [0.3, 0.4) is 0 Å². The molecular formula is C8H8F8N6. The van der Waals surface area contributed by atoms with Crippen molar-refractivity contribution in [3.8, 4) is 0 Å². The lowest BCUT2D eigenvalue weighted by Crippen LogP contribution is -2.36. The molecule has 0 aliphatic heterocycles. The maximum atomic E-state index is 13.3. The third kappa shape index (κ3) is 2.90. The van der Waals surface area contributed by atoms with E-state index in [1.165, 1.54) is 5.53 Å². The van der Waals surface area contributed by atoms with Crippen LogP contribution in [0.25, 0.3) is 0 Å². The first-order valence-electron chi connectivity index (χ1n) is 5.13. The van der Waals surface area contributed by atoms with E-state index in [2.05, 4.69) is 16.0 Å². The monoisotopic (exact) mass is 340 g/mol. The number of nitrogens with two attached hydrogens (primary N) is 2. The summed E-state index contributed by atoms with van der Waals surface area (Å²) in [7, 11) is 0.694. The zero-order chi connectivity index (χ0) is 17.5. The Morgan fingerprint density at radius 3 is 2.00 bits per heavy atom. The number of amidine groups is 1. The van der Waals surface area contributed by atoms with E-state index in [4.69, 9.17) is 5.73 Å². The molecule has 6 nitrogen and oxygen atoms in total. The van der Waals surface area contributed by atoms with Crippen molar-refractivity contribution in [2.75, 3.05) is 0 Å². The first kappa shape index (κ1) is 17.9. The number of nitrogens with one attached hydrogen (secondary N) is 1. The molecule has 0 saturated heterocycles. The van der Waals surface area contributed by atoms with E-state index >= 15 is 0 Å². The van der Waals surface area contributed by atoms with Gasteiger partial charge in [-0.1, -0.05) is 0 Å². The molecule has 0 fully saturated rings. The van der Waals surface area contributed by atoms with E-state index in [1.54, 1.807) is 0 Å². The van der Waals surface area contributed by atoms with Crippen molar-refractivity contribution in [1.82, 2.24) is 15.3 Å². The first-order valence-corrected chi connectivity index (χ1v) is 5.13. The first-order chi connectivity index (χ1) is 9.75. The summed E-state index contributed by atoms with van der Waals surface area (Å²) in [5.74, 6) is -2.24. The molecule has 0 amide bonds. The Balaban J connectivity index is 3.77. The Bertz CT molecular complexity index is 583. The fraction of sp³-hybridized carbons (Fsp3) is 0.500. The Morgan fingerprint density at radius 1 is 1.14 bits per heavy atom. The molecule has 5 N–H and O–H groups in total. The Morgan fingerprint density at radius 2 is 1.64 bits per heavy atom. The molecule has 0 aliphatic carbocycles. The highest BCUT2D eigenvalue weighted by Crippen LogP contribution is 2.48. The number of hydrogen-bond donors (Lipinski definition) is 3. The number of aryl methyl sites for hydroxylation is 1. The number of halogens is 8. The van der Waals surface area contributed by atoms with Crippen LogP contribution in [0.5, 0.6) is 0 Å². The van der Waals surface area contributed by atoms with Crippen molar-refractivity contribution in [2.24, 2.45) is 23.7 Å². The standard InChI is InChI=1S/C8H8F8N6/c1-22-3(5(17)19-21-18)2(7(11,12)13)4(20-22)6(9,10)8(14,15)16/h21H,18H2,1H3,(H2,17,19). The maximum Gasteiger partial charge on any atom is 0.459 e. The van der Waals surface area contributed by atoms with Crippen molar-refractivity contribution in [2.45, 2.75) is 18.3 Å². The van der Waals surface area contributed by atoms with Gasteiger partial charge in [-0.15, -0.1) is 5.10 Å². The van der Waals surface area contributed by atoms with Crippen LogP contribution in [0, 0.1) is 0 Å². The van der Waals surface area contributed by atoms with Gasteiger partial charge in [-0.05, 0) is 0 Å². The van der Waals surface area contributed by atoms with Gasteiger partial charge in [0, 0.05) is 7.05 Å². The van der Waals surface area contributed by atoms with Crippen molar-refractivity contribution >= 4 is 5.84 Å². The topological polar surface area (TPSA) is 94.2 Å². The summed E-state index contributed by atoms with van der Waals surface area (Å²) in [5, 5.41) is 5.54. The lowest BCUT2D eigenvalue weighted by atomic mass is 10.1. The summed E-state index contributed by atoms with van der Waals surface area (Å²) in [6.45, 7) is 0.